The van der Waals surface area contributed by atoms with E-state index in [0.717, 1.165) is 21.8 Å². The summed E-state index contributed by atoms with van der Waals surface area (Å²) in [5, 5.41) is 2.17. The molecule has 6 heteroatoms. The molecule has 0 bridgehead atoms. The van der Waals surface area contributed by atoms with Crippen LogP contribution in [-0.2, 0) is 0 Å². The number of rotatable bonds is 1. The van der Waals surface area contributed by atoms with E-state index in [-0.39, 0.29) is 0 Å². The Morgan fingerprint density at radius 1 is 0.850 bits per heavy atom. The molecule has 0 spiro atoms. The zero-order valence-electron chi connectivity index (χ0n) is 10.8. The van der Waals surface area contributed by atoms with Gasteiger partial charge in [-0.15, -0.1) is 0 Å². The molecule has 1 aliphatic rings. The van der Waals surface area contributed by atoms with Crippen molar-refractivity contribution in [1.29, 1.82) is 0 Å². The number of hydrogen-bond acceptors (Lipinski definition) is 0. The zero-order chi connectivity index (χ0) is 14.2. The summed E-state index contributed by atoms with van der Waals surface area (Å²) in [5.41, 5.74) is 2.01. The van der Waals surface area contributed by atoms with Crippen molar-refractivity contribution >= 4 is 59.8 Å². The van der Waals surface area contributed by atoms with Crippen LogP contribution in [0.25, 0.3) is 21.8 Å². The van der Waals surface area contributed by atoms with Crippen LogP contribution in [0.1, 0.15) is 6.92 Å². The van der Waals surface area contributed by atoms with Crippen molar-refractivity contribution in [2.24, 2.45) is 0 Å². The predicted octanol–water partition coefficient (Wildman–Crippen LogP) is 4.68. The van der Waals surface area contributed by atoms with Gasteiger partial charge in [0.05, 0.1) is 0 Å². The van der Waals surface area contributed by atoms with Crippen LogP contribution in [0.5, 0.6) is 0 Å². The van der Waals surface area contributed by atoms with Crippen molar-refractivity contribution < 1.29 is 8.68 Å². The van der Waals surface area contributed by atoms with Crippen LogP contribution in [0.4, 0.5) is 0 Å². The van der Waals surface area contributed by atoms with Crippen molar-refractivity contribution in [1.82, 2.24) is 0 Å². The molecule has 0 radical (unpaired) electrons. The van der Waals surface area contributed by atoms with Crippen LogP contribution in [0.2, 0.25) is 0 Å². The SMILES string of the molecule is CC[P-]1(Cl)(Cl)(Cl)[n+]2cccc3ccc4ccc[n+]1c4c32. The van der Waals surface area contributed by atoms with Crippen molar-refractivity contribution in [3.63, 3.8) is 0 Å². The molecular formula is C14H13Cl3N2P+. The van der Waals surface area contributed by atoms with Gasteiger partial charge in [-0.2, -0.15) is 0 Å². The third-order valence-corrected chi connectivity index (χ3v) is 13.3. The quantitative estimate of drug-likeness (QED) is 0.446. The minimum atomic E-state index is -4.41. The van der Waals surface area contributed by atoms with E-state index < -0.39 is 4.30 Å². The Morgan fingerprint density at radius 2 is 1.30 bits per heavy atom. The molecule has 2 nitrogen and oxygen atoms in total. The van der Waals surface area contributed by atoms with Crippen molar-refractivity contribution in [3.8, 4) is 0 Å². The molecule has 0 atom stereocenters. The summed E-state index contributed by atoms with van der Waals surface area (Å²) >= 11 is 21.2. The Morgan fingerprint density at radius 3 is 1.70 bits per heavy atom. The number of halogens is 3. The number of aromatic nitrogens is 2. The van der Waals surface area contributed by atoms with E-state index in [0.29, 0.717) is 6.16 Å². The van der Waals surface area contributed by atoms with Gasteiger partial charge in [0.1, 0.15) is 0 Å². The van der Waals surface area contributed by atoms with Crippen molar-refractivity contribution in [2.75, 3.05) is 6.16 Å². The molecule has 104 valence electrons. The fraction of sp³-hybridized carbons (Fsp3) is 0.143. The van der Waals surface area contributed by atoms with Gasteiger partial charge in [0.25, 0.3) is 0 Å². The van der Waals surface area contributed by atoms with Gasteiger partial charge in [-0.05, 0) is 0 Å². The number of nitrogens with zero attached hydrogens (tertiary/aromatic N) is 2. The number of pyridine rings is 2. The van der Waals surface area contributed by atoms with Gasteiger partial charge in [-0.3, -0.25) is 0 Å². The molecular weight excluding hydrogens is 334 g/mol. The second-order valence-electron chi connectivity index (χ2n) is 5.34. The van der Waals surface area contributed by atoms with Gasteiger partial charge in [0.2, 0.25) is 0 Å². The topological polar surface area (TPSA) is 7.76 Å². The van der Waals surface area contributed by atoms with Crippen LogP contribution < -0.4 is 8.68 Å². The van der Waals surface area contributed by atoms with E-state index in [2.05, 4.69) is 24.3 Å². The second-order valence-corrected chi connectivity index (χ2v) is 19.1. The molecule has 0 aliphatic carbocycles. The maximum absolute atomic E-state index is 7.06. The molecule has 0 saturated heterocycles. The van der Waals surface area contributed by atoms with E-state index in [4.69, 9.17) is 33.7 Å². The Bertz CT molecular complexity index is 858. The first-order valence-corrected chi connectivity index (χ1v) is 12.0. The van der Waals surface area contributed by atoms with Crippen LogP contribution in [0.15, 0.2) is 48.8 Å². The van der Waals surface area contributed by atoms with Crippen molar-refractivity contribution in [2.45, 2.75) is 6.92 Å². The number of hydrogen-bond donors (Lipinski definition) is 0. The first-order valence-electron chi connectivity index (χ1n) is 6.47. The Labute approximate surface area is 130 Å². The van der Waals surface area contributed by atoms with Crippen molar-refractivity contribution in [3.05, 3.63) is 48.8 Å². The first-order chi connectivity index (χ1) is 9.31. The molecule has 3 heterocycles. The molecule has 4 rings (SSSR count). The first kappa shape index (κ1) is 13.0. The molecule has 3 aromatic rings. The van der Waals surface area contributed by atoms with E-state index in [9.17, 15) is 0 Å². The average Bonchev–Trinajstić information content (AvgIpc) is 2.64. The molecule has 0 amide bonds. The van der Waals surface area contributed by atoms with Gasteiger partial charge < -0.3 is 0 Å². The predicted molar refractivity (Wildman–Crippen MR) is 87.7 cm³/mol. The standard InChI is InChI=1S/C14H13Cl3N2P/c1-2-20(15,16,17)18-9-3-5-11-7-8-12-6-4-10-19(20)14(12)13(11)18/h3-10H,2H2,1H3/q+1. The molecule has 1 aromatic carbocycles. The summed E-state index contributed by atoms with van der Waals surface area (Å²) in [4.78, 5) is 0. The van der Waals surface area contributed by atoms with Crippen LogP contribution in [0.3, 0.4) is 0 Å². The van der Waals surface area contributed by atoms with Gasteiger partial charge in [-0.1, -0.05) is 0 Å². The van der Waals surface area contributed by atoms with E-state index in [1.54, 1.807) is 0 Å². The Kier molecular flexibility index (Phi) is 2.10. The summed E-state index contributed by atoms with van der Waals surface area (Å²) in [6.07, 6.45) is 4.22. The summed E-state index contributed by atoms with van der Waals surface area (Å²) in [5.74, 6) is 0. The Hall–Kier alpha value is -0.660. The molecule has 1 aliphatic heterocycles. The summed E-state index contributed by atoms with van der Waals surface area (Å²) in [6, 6.07) is 12.1. The summed E-state index contributed by atoms with van der Waals surface area (Å²) in [6.45, 7) is 1.94. The van der Waals surface area contributed by atoms with Gasteiger partial charge in [0.15, 0.2) is 0 Å². The molecule has 0 N–H and O–H groups in total. The second kappa shape index (κ2) is 3.23. The fourth-order valence-electron chi connectivity index (χ4n) is 3.14. The third-order valence-electron chi connectivity index (χ3n) is 4.31. The van der Waals surface area contributed by atoms with Gasteiger partial charge in [0, 0.05) is 0 Å². The molecule has 0 unspecified atom stereocenters. The molecule has 20 heavy (non-hydrogen) atoms. The van der Waals surface area contributed by atoms with Crippen LogP contribution >= 0.6 is 38.0 Å². The average molecular weight is 347 g/mol. The zero-order valence-corrected chi connectivity index (χ0v) is 14.0. The molecule has 2 aromatic heterocycles. The third kappa shape index (κ3) is 1.23. The van der Waals surface area contributed by atoms with E-state index in [1.165, 1.54) is 0 Å². The van der Waals surface area contributed by atoms with Gasteiger partial charge >= 0.3 is 130 Å². The normalized spacial score (nSPS) is 24.2. The fourth-order valence-corrected chi connectivity index (χ4v) is 8.32. The van der Waals surface area contributed by atoms with E-state index in [1.807, 2.05) is 40.1 Å². The Balaban J connectivity index is 2.46. The maximum atomic E-state index is 7.06. The monoisotopic (exact) mass is 345 g/mol. The molecule has 0 fully saturated rings. The molecule has 0 saturated carbocycles. The van der Waals surface area contributed by atoms with E-state index >= 15 is 0 Å². The summed E-state index contributed by atoms with van der Waals surface area (Å²) < 4.78 is -0.621. The minimum absolute atomic E-state index is 0.442. The van der Waals surface area contributed by atoms with Crippen LogP contribution in [-0.4, -0.2) is 6.16 Å². The van der Waals surface area contributed by atoms with Gasteiger partial charge in [-0.25, -0.2) is 0 Å². The summed E-state index contributed by atoms with van der Waals surface area (Å²) in [7, 11) is 0. The van der Waals surface area contributed by atoms with Crippen LogP contribution in [0, 0.1) is 0 Å². The number of benzene rings is 1.